The second-order valence-electron chi connectivity index (χ2n) is 3.52. The van der Waals surface area contributed by atoms with Crippen molar-refractivity contribution in [2.75, 3.05) is 0 Å². The summed E-state index contributed by atoms with van der Waals surface area (Å²) in [7, 11) is 0. The Morgan fingerprint density at radius 1 is 1.18 bits per heavy atom. The molecule has 0 spiro atoms. The first kappa shape index (κ1) is 9.59. The van der Waals surface area contributed by atoms with Crippen LogP contribution in [0, 0.1) is 0 Å². The Morgan fingerprint density at radius 3 is 2.88 bits per heavy atom. The lowest BCUT2D eigenvalue weighted by molar-refractivity contribution is 0.405. The van der Waals surface area contributed by atoms with E-state index in [4.69, 9.17) is 0 Å². The smallest absolute Gasteiger partial charge is 0.181 e. The molecule has 3 aromatic rings. The highest BCUT2D eigenvalue weighted by molar-refractivity contribution is 5.77. The minimum Gasteiger partial charge on any atom is -0.504 e. The van der Waals surface area contributed by atoms with Crippen molar-refractivity contribution in [2.24, 2.45) is 0 Å². The van der Waals surface area contributed by atoms with Gasteiger partial charge in [0.25, 0.3) is 0 Å². The number of nitrogens with zero attached hydrogens (tertiary/aromatic N) is 3. The van der Waals surface area contributed by atoms with Crippen LogP contribution < -0.4 is 0 Å². The highest BCUT2D eigenvalue weighted by atomic mass is 16.3. The lowest BCUT2D eigenvalue weighted by Crippen LogP contribution is -1.81. The Bertz CT molecular complexity index is 660. The zero-order valence-electron chi connectivity index (χ0n) is 8.62. The number of H-pyrrole nitrogens is 1. The molecule has 17 heavy (non-hydrogen) atoms. The van der Waals surface area contributed by atoms with Gasteiger partial charge in [-0.05, 0) is 12.1 Å². The highest BCUT2D eigenvalue weighted by Gasteiger charge is 2.12. The van der Waals surface area contributed by atoms with Crippen LogP contribution in [-0.4, -0.2) is 30.1 Å². The van der Waals surface area contributed by atoms with Gasteiger partial charge in [0.05, 0.1) is 11.8 Å². The van der Waals surface area contributed by atoms with E-state index in [-0.39, 0.29) is 11.5 Å². The number of aromatic hydroxyl groups is 2. The molecule has 0 saturated heterocycles. The number of nitrogens with one attached hydrogen (secondary N) is 1. The molecule has 0 unspecified atom stereocenters. The summed E-state index contributed by atoms with van der Waals surface area (Å²) in [4.78, 5) is 15.0. The highest BCUT2D eigenvalue weighted by Crippen LogP contribution is 2.34. The Hall–Kier alpha value is -2.63. The van der Waals surface area contributed by atoms with Crippen LogP contribution in [0.15, 0.2) is 30.7 Å². The normalized spacial score (nSPS) is 10.8. The van der Waals surface area contributed by atoms with Gasteiger partial charge in [0.1, 0.15) is 17.7 Å². The van der Waals surface area contributed by atoms with E-state index in [1.165, 1.54) is 12.4 Å². The van der Waals surface area contributed by atoms with Crippen molar-refractivity contribution in [1.29, 1.82) is 0 Å². The molecule has 0 amide bonds. The maximum absolute atomic E-state index is 9.73. The van der Waals surface area contributed by atoms with Crippen molar-refractivity contribution in [1.82, 2.24) is 19.9 Å². The molecule has 0 saturated carbocycles. The number of phenolic OH excluding ortho intramolecular Hbond substituents is 2. The van der Waals surface area contributed by atoms with Gasteiger partial charge in [-0.1, -0.05) is 6.07 Å². The van der Waals surface area contributed by atoms with Crippen LogP contribution in [0.5, 0.6) is 11.5 Å². The van der Waals surface area contributed by atoms with Crippen molar-refractivity contribution in [3.8, 4) is 22.9 Å². The summed E-state index contributed by atoms with van der Waals surface area (Å²) in [5.74, 6) is 0.0439. The van der Waals surface area contributed by atoms with Crippen molar-refractivity contribution >= 4 is 11.2 Å². The summed E-state index contributed by atoms with van der Waals surface area (Å²) >= 11 is 0. The number of hydrogen-bond donors (Lipinski definition) is 3. The Balaban J connectivity index is 2.24. The van der Waals surface area contributed by atoms with Crippen LogP contribution in [0.3, 0.4) is 0 Å². The zero-order chi connectivity index (χ0) is 11.8. The summed E-state index contributed by atoms with van der Waals surface area (Å²) in [5, 5.41) is 19.1. The van der Waals surface area contributed by atoms with Crippen molar-refractivity contribution < 1.29 is 10.2 Å². The van der Waals surface area contributed by atoms with Gasteiger partial charge in [-0.15, -0.1) is 0 Å². The second-order valence-corrected chi connectivity index (χ2v) is 3.52. The second kappa shape index (κ2) is 3.44. The standard InChI is InChI=1S/C11H8N4O2/c16-8-3-1-2-6(9(8)17)10-14-7-4-12-5-13-11(7)15-10/h1-5,16-17H,(H,12,13,14,15). The SMILES string of the molecule is Oc1cccc(-c2nc3ncncc3[nH]2)c1O. The number of aromatic nitrogens is 4. The van der Waals surface area contributed by atoms with Crippen LogP contribution in [0.2, 0.25) is 0 Å². The molecule has 84 valence electrons. The molecule has 2 heterocycles. The van der Waals surface area contributed by atoms with Gasteiger partial charge in [0, 0.05) is 0 Å². The summed E-state index contributed by atoms with van der Waals surface area (Å²) in [5.41, 5.74) is 1.60. The monoisotopic (exact) mass is 228 g/mol. The first-order valence-corrected chi connectivity index (χ1v) is 4.93. The van der Waals surface area contributed by atoms with Gasteiger partial charge >= 0.3 is 0 Å². The topological polar surface area (TPSA) is 94.9 Å². The van der Waals surface area contributed by atoms with Gasteiger partial charge in [-0.3, -0.25) is 0 Å². The van der Waals surface area contributed by atoms with Crippen molar-refractivity contribution in [3.63, 3.8) is 0 Å². The molecule has 0 aliphatic rings. The quantitative estimate of drug-likeness (QED) is 0.547. The third-order valence-electron chi connectivity index (χ3n) is 2.43. The van der Waals surface area contributed by atoms with E-state index in [2.05, 4.69) is 19.9 Å². The molecule has 0 atom stereocenters. The van der Waals surface area contributed by atoms with Crippen molar-refractivity contribution in [3.05, 3.63) is 30.7 Å². The van der Waals surface area contributed by atoms with E-state index < -0.39 is 0 Å². The third kappa shape index (κ3) is 1.46. The van der Waals surface area contributed by atoms with Crippen LogP contribution in [0.1, 0.15) is 0 Å². The van der Waals surface area contributed by atoms with E-state index in [9.17, 15) is 10.2 Å². The predicted octanol–water partition coefficient (Wildman–Crippen LogP) is 1.43. The number of benzene rings is 1. The van der Waals surface area contributed by atoms with E-state index in [1.54, 1.807) is 18.3 Å². The van der Waals surface area contributed by atoms with E-state index in [1.807, 2.05) is 0 Å². The first-order chi connectivity index (χ1) is 8.25. The number of aromatic amines is 1. The first-order valence-electron chi connectivity index (χ1n) is 4.93. The summed E-state index contributed by atoms with van der Waals surface area (Å²) in [6.45, 7) is 0. The van der Waals surface area contributed by atoms with Gasteiger partial charge in [0.2, 0.25) is 0 Å². The molecule has 6 nitrogen and oxygen atoms in total. The van der Waals surface area contributed by atoms with Crippen LogP contribution in [-0.2, 0) is 0 Å². The number of phenols is 2. The maximum Gasteiger partial charge on any atom is 0.181 e. The van der Waals surface area contributed by atoms with Crippen LogP contribution >= 0.6 is 0 Å². The summed E-state index contributed by atoms with van der Waals surface area (Å²) < 4.78 is 0. The van der Waals surface area contributed by atoms with Gasteiger partial charge in [-0.2, -0.15) is 0 Å². The number of fused-ring (bicyclic) bond motifs is 1. The molecule has 0 bridgehead atoms. The zero-order valence-corrected chi connectivity index (χ0v) is 8.62. The molecule has 6 heteroatoms. The van der Waals surface area contributed by atoms with E-state index >= 15 is 0 Å². The number of hydrogen-bond acceptors (Lipinski definition) is 5. The Kier molecular flexibility index (Phi) is 1.94. The minimum absolute atomic E-state index is 0.186. The fraction of sp³-hybridized carbons (Fsp3) is 0. The van der Waals surface area contributed by atoms with Gasteiger partial charge < -0.3 is 15.2 Å². The molecule has 3 rings (SSSR count). The third-order valence-corrected chi connectivity index (χ3v) is 2.43. The number of para-hydroxylation sites is 1. The average Bonchev–Trinajstić information content (AvgIpc) is 2.76. The minimum atomic E-state index is -0.209. The number of imidazole rings is 1. The molecular weight excluding hydrogens is 220 g/mol. The largest absolute Gasteiger partial charge is 0.504 e. The Labute approximate surface area is 95.6 Å². The lowest BCUT2D eigenvalue weighted by Gasteiger charge is -2.02. The van der Waals surface area contributed by atoms with E-state index in [0.29, 0.717) is 22.6 Å². The van der Waals surface area contributed by atoms with Gasteiger partial charge in [-0.25, -0.2) is 15.0 Å². The Morgan fingerprint density at radius 2 is 2.06 bits per heavy atom. The van der Waals surface area contributed by atoms with Crippen LogP contribution in [0.4, 0.5) is 0 Å². The molecule has 1 aromatic carbocycles. The fourth-order valence-corrected chi connectivity index (χ4v) is 1.61. The van der Waals surface area contributed by atoms with Gasteiger partial charge in [0.15, 0.2) is 17.1 Å². The maximum atomic E-state index is 9.73. The number of rotatable bonds is 1. The molecule has 0 radical (unpaired) electrons. The molecule has 0 fully saturated rings. The predicted molar refractivity (Wildman–Crippen MR) is 60.4 cm³/mol. The lowest BCUT2D eigenvalue weighted by atomic mass is 10.2. The molecular formula is C11H8N4O2. The summed E-state index contributed by atoms with van der Waals surface area (Å²) in [6.07, 6.45) is 2.99. The molecule has 3 N–H and O–H groups in total. The molecule has 0 aliphatic carbocycles. The molecule has 2 aromatic heterocycles. The van der Waals surface area contributed by atoms with E-state index in [0.717, 1.165) is 0 Å². The van der Waals surface area contributed by atoms with Crippen molar-refractivity contribution in [2.45, 2.75) is 0 Å². The van der Waals surface area contributed by atoms with Crippen LogP contribution in [0.25, 0.3) is 22.6 Å². The average molecular weight is 228 g/mol. The summed E-state index contributed by atoms with van der Waals surface area (Å²) in [6, 6.07) is 4.69. The fourth-order valence-electron chi connectivity index (χ4n) is 1.61. The molecule has 0 aliphatic heterocycles.